The second kappa shape index (κ2) is 7.32. The number of anilines is 2. The summed E-state index contributed by atoms with van der Waals surface area (Å²) in [5.41, 5.74) is 5.87. The molecule has 31 heavy (non-hydrogen) atoms. The SMILES string of the molecule is CC1=C(C(=O)Nc2ccc(C)cc2)[C@@H](c2ccc(O)cc2)n2c(nc3ccccc32)N1. The lowest BCUT2D eigenvalue weighted by Gasteiger charge is -2.30. The summed E-state index contributed by atoms with van der Waals surface area (Å²) in [6.07, 6.45) is 0. The first-order chi connectivity index (χ1) is 15.0. The van der Waals surface area contributed by atoms with Crippen LogP contribution in [0.25, 0.3) is 11.0 Å². The molecule has 0 spiro atoms. The third kappa shape index (κ3) is 3.32. The second-order valence-electron chi connectivity index (χ2n) is 7.77. The van der Waals surface area contributed by atoms with Gasteiger partial charge in [0.05, 0.1) is 22.6 Å². The molecule has 0 aliphatic carbocycles. The van der Waals surface area contributed by atoms with Crippen molar-refractivity contribution in [1.82, 2.24) is 9.55 Å². The minimum Gasteiger partial charge on any atom is -0.508 e. The number of nitrogens with zero attached hydrogens (tertiary/aromatic N) is 2. The summed E-state index contributed by atoms with van der Waals surface area (Å²) >= 11 is 0. The van der Waals surface area contributed by atoms with Crippen LogP contribution >= 0.6 is 0 Å². The van der Waals surface area contributed by atoms with Crippen LogP contribution in [0.2, 0.25) is 0 Å². The Hall–Kier alpha value is -4.06. The number of hydrogen-bond acceptors (Lipinski definition) is 4. The maximum atomic E-state index is 13.5. The molecule has 0 radical (unpaired) electrons. The second-order valence-corrected chi connectivity index (χ2v) is 7.77. The van der Waals surface area contributed by atoms with E-state index in [1.807, 2.05) is 79.1 Å². The fraction of sp³-hybridized carbons (Fsp3) is 0.120. The number of aromatic nitrogens is 2. The molecule has 1 aliphatic rings. The number of carbonyl (C=O) groups is 1. The topological polar surface area (TPSA) is 79.2 Å². The molecule has 0 saturated carbocycles. The van der Waals surface area contributed by atoms with Gasteiger partial charge >= 0.3 is 0 Å². The highest BCUT2D eigenvalue weighted by Crippen LogP contribution is 2.39. The highest BCUT2D eigenvalue weighted by atomic mass is 16.3. The van der Waals surface area contributed by atoms with E-state index in [2.05, 4.69) is 10.6 Å². The molecule has 0 saturated heterocycles. The predicted octanol–water partition coefficient (Wildman–Crippen LogP) is 4.98. The van der Waals surface area contributed by atoms with Crippen LogP contribution in [-0.4, -0.2) is 20.6 Å². The van der Waals surface area contributed by atoms with Crippen molar-refractivity contribution in [3.8, 4) is 5.75 Å². The zero-order chi connectivity index (χ0) is 21.5. The van der Waals surface area contributed by atoms with Crippen LogP contribution in [0.1, 0.15) is 24.1 Å². The summed E-state index contributed by atoms with van der Waals surface area (Å²) < 4.78 is 2.04. The molecule has 1 amide bonds. The number of fused-ring (bicyclic) bond motifs is 3. The number of benzene rings is 3. The van der Waals surface area contributed by atoms with Crippen molar-refractivity contribution in [3.05, 3.63) is 95.2 Å². The first kappa shape index (κ1) is 18.9. The van der Waals surface area contributed by atoms with Crippen LogP contribution in [0.3, 0.4) is 0 Å². The van der Waals surface area contributed by atoms with Gasteiger partial charge in [0, 0.05) is 11.4 Å². The van der Waals surface area contributed by atoms with Gasteiger partial charge < -0.3 is 15.7 Å². The molecule has 1 atom stereocenters. The average molecular weight is 410 g/mol. The molecule has 0 fully saturated rings. The van der Waals surface area contributed by atoms with Crippen molar-refractivity contribution >= 4 is 28.6 Å². The predicted molar refractivity (Wildman–Crippen MR) is 122 cm³/mol. The molecule has 0 unspecified atom stereocenters. The van der Waals surface area contributed by atoms with E-state index < -0.39 is 6.04 Å². The Morgan fingerprint density at radius 2 is 1.71 bits per heavy atom. The van der Waals surface area contributed by atoms with Gasteiger partial charge in [-0.05, 0) is 55.8 Å². The summed E-state index contributed by atoms with van der Waals surface area (Å²) in [7, 11) is 0. The number of rotatable bonds is 3. The average Bonchev–Trinajstić information content (AvgIpc) is 3.13. The zero-order valence-electron chi connectivity index (χ0n) is 17.3. The number of phenols is 1. The van der Waals surface area contributed by atoms with Gasteiger partial charge in [-0.15, -0.1) is 0 Å². The van der Waals surface area contributed by atoms with Crippen LogP contribution in [0.4, 0.5) is 11.6 Å². The summed E-state index contributed by atoms with van der Waals surface area (Å²) in [5.74, 6) is 0.679. The van der Waals surface area contributed by atoms with Gasteiger partial charge in [-0.25, -0.2) is 4.98 Å². The maximum Gasteiger partial charge on any atom is 0.255 e. The summed E-state index contributed by atoms with van der Waals surface area (Å²) in [6, 6.07) is 22.2. The molecule has 3 aromatic carbocycles. The molecule has 6 nitrogen and oxygen atoms in total. The van der Waals surface area contributed by atoms with Crippen molar-refractivity contribution in [3.63, 3.8) is 0 Å². The largest absolute Gasteiger partial charge is 0.508 e. The monoisotopic (exact) mass is 410 g/mol. The summed E-state index contributed by atoms with van der Waals surface area (Å²) in [6.45, 7) is 3.90. The Labute approximate surface area is 179 Å². The Morgan fingerprint density at radius 1 is 1.00 bits per heavy atom. The Balaban J connectivity index is 1.65. The maximum absolute atomic E-state index is 13.5. The zero-order valence-corrected chi connectivity index (χ0v) is 17.3. The van der Waals surface area contributed by atoms with Gasteiger partial charge in [0.25, 0.3) is 5.91 Å². The van der Waals surface area contributed by atoms with Gasteiger partial charge in [0.1, 0.15) is 5.75 Å². The van der Waals surface area contributed by atoms with Crippen molar-refractivity contribution in [2.75, 3.05) is 10.6 Å². The summed E-state index contributed by atoms with van der Waals surface area (Å²) in [4.78, 5) is 18.2. The van der Waals surface area contributed by atoms with Crippen LogP contribution in [0, 0.1) is 6.92 Å². The number of aryl methyl sites for hydroxylation is 1. The first-order valence-electron chi connectivity index (χ1n) is 10.1. The number of nitrogens with one attached hydrogen (secondary N) is 2. The van der Waals surface area contributed by atoms with Gasteiger partial charge in [-0.3, -0.25) is 9.36 Å². The Kier molecular flexibility index (Phi) is 4.47. The van der Waals surface area contributed by atoms with Gasteiger partial charge in [0.15, 0.2) is 0 Å². The number of aromatic hydroxyl groups is 1. The van der Waals surface area contributed by atoms with Gasteiger partial charge in [-0.1, -0.05) is 42.0 Å². The molecular formula is C25H22N4O2. The Bertz CT molecular complexity index is 1320. The number of phenolic OH excluding ortho intramolecular Hbond substituents is 1. The lowest BCUT2D eigenvalue weighted by atomic mass is 9.94. The lowest BCUT2D eigenvalue weighted by Crippen LogP contribution is -2.30. The standard InChI is InChI=1S/C25H22N4O2/c1-15-7-11-18(12-8-15)27-24(31)22-16(2)26-25-28-20-5-3-4-6-21(20)29(25)23(22)17-9-13-19(30)14-10-17/h3-14,23,30H,1-2H3,(H,26,28)(H,27,31)/t23-/m1/s1. The number of carbonyl (C=O) groups excluding carboxylic acids is 1. The third-order valence-electron chi connectivity index (χ3n) is 5.59. The summed E-state index contributed by atoms with van der Waals surface area (Å²) in [5, 5.41) is 16.1. The van der Waals surface area contributed by atoms with E-state index in [9.17, 15) is 9.90 Å². The van der Waals surface area contributed by atoms with Crippen LogP contribution in [0.5, 0.6) is 5.75 Å². The first-order valence-corrected chi connectivity index (χ1v) is 10.1. The highest BCUT2D eigenvalue weighted by Gasteiger charge is 2.34. The molecule has 0 bridgehead atoms. The van der Waals surface area contributed by atoms with E-state index in [1.165, 1.54) is 0 Å². The fourth-order valence-electron chi connectivity index (χ4n) is 4.07. The number of imidazole rings is 1. The normalized spacial score (nSPS) is 15.5. The van der Waals surface area contributed by atoms with Crippen molar-refractivity contribution in [1.29, 1.82) is 0 Å². The van der Waals surface area contributed by atoms with E-state index >= 15 is 0 Å². The molecule has 3 N–H and O–H groups in total. The number of amides is 1. The molecule has 1 aliphatic heterocycles. The van der Waals surface area contributed by atoms with Crippen molar-refractivity contribution in [2.45, 2.75) is 19.9 Å². The van der Waals surface area contributed by atoms with Crippen LogP contribution < -0.4 is 10.6 Å². The fourth-order valence-corrected chi connectivity index (χ4v) is 4.07. The van der Waals surface area contributed by atoms with E-state index in [-0.39, 0.29) is 11.7 Å². The quantitative estimate of drug-likeness (QED) is 0.445. The van der Waals surface area contributed by atoms with Crippen LogP contribution in [0.15, 0.2) is 84.1 Å². The van der Waals surface area contributed by atoms with Gasteiger partial charge in [-0.2, -0.15) is 0 Å². The number of para-hydroxylation sites is 2. The van der Waals surface area contributed by atoms with E-state index in [0.717, 1.165) is 33.5 Å². The molecular weight excluding hydrogens is 388 g/mol. The van der Waals surface area contributed by atoms with E-state index in [0.29, 0.717) is 11.5 Å². The molecule has 5 rings (SSSR count). The van der Waals surface area contributed by atoms with E-state index in [1.54, 1.807) is 12.1 Å². The molecule has 1 aromatic heterocycles. The minimum absolute atomic E-state index is 0.180. The third-order valence-corrected chi connectivity index (χ3v) is 5.59. The molecule has 2 heterocycles. The molecule has 154 valence electrons. The minimum atomic E-state index is -0.394. The van der Waals surface area contributed by atoms with Crippen molar-refractivity contribution < 1.29 is 9.90 Å². The molecule has 6 heteroatoms. The molecule has 4 aromatic rings. The van der Waals surface area contributed by atoms with Crippen LogP contribution in [-0.2, 0) is 4.79 Å². The number of hydrogen-bond donors (Lipinski definition) is 3. The van der Waals surface area contributed by atoms with E-state index in [4.69, 9.17) is 4.98 Å². The highest BCUT2D eigenvalue weighted by molar-refractivity contribution is 6.06. The lowest BCUT2D eigenvalue weighted by molar-refractivity contribution is -0.113. The van der Waals surface area contributed by atoms with Gasteiger partial charge in [0.2, 0.25) is 5.95 Å². The Morgan fingerprint density at radius 3 is 2.45 bits per heavy atom. The number of allylic oxidation sites excluding steroid dienone is 1. The van der Waals surface area contributed by atoms with Crippen molar-refractivity contribution in [2.24, 2.45) is 0 Å². The smallest absolute Gasteiger partial charge is 0.255 e.